The fourth-order valence-corrected chi connectivity index (χ4v) is 2.84. The predicted molar refractivity (Wildman–Crippen MR) is 87.6 cm³/mol. The van der Waals surface area contributed by atoms with Crippen molar-refractivity contribution in [3.8, 4) is 0 Å². The van der Waals surface area contributed by atoms with Gasteiger partial charge in [0.05, 0.1) is 11.5 Å². The number of rotatable bonds is 5. The van der Waals surface area contributed by atoms with Crippen LogP contribution in [0, 0.1) is 0 Å². The molecule has 0 spiro atoms. The topological polar surface area (TPSA) is 86.7 Å². The first-order chi connectivity index (χ1) is 10.8. The first-order valence-electron chi connectivity index (χ1n) is 6.88. The summed E-state index contributed by atoms with van der Waals surface area (Å²) < 4.78 is 25.1. The molecule has 23 heavy (non-hydrogen) atoms. The zero-order valence-corrected chi connectivity index (χ0v) is 13.7. The third kappa shape index (κ3) is 3.95. The summed E-state index contributed by atoms with van der Waals surface area (Å²) in [5.41, 5.74) is 1.60. The van der Waals surface area contributed by atoms with Gasteiger partial charge < -0.3 is 10.4 Å². The molecule has 0 unspecified atom stereocenters. The Hall–Kier alpha value is -2.22. The number of hydrogen-bond donors (Lipinski definition) is 2. The Bertz CT molecular complexity index is 799. The van der Waals surface area contributed by atoms with Gasteiger partial charge in [-0.1, -0.05) is 12.1 Å². The maximum absolute atomic E-state index is 12.2. The molecule has 0 saturated heterocycles. The van der Waals surface area contributed by atoms with Gasteiger partial charge in [0.2, 0.25) is 10.0 Å². The van der Waals surface area contributed by atoms with Gasteiger partial charge in [-0.05, 0) is 42.0 Å². The molecule has 0 fully saturated rings. The molecular formula is C16H18N2O4S. The molecule has 0 aliphatic rings. The van der Waals surface area contributed by atoms with E-state index in [0.717, 1.165) is 4.31 Å². The number of carbonyl (C=O) groups excluding carboxylic acids is 1. The van der Waals surface area contributed by atoms with Gasteiger partial charge in [0.25, 0.3) is 5.91 Å². The van der Waals surface area contributed by atoms with E-state index in [-0.39, 0.29) is 17.4 Å². The second kappa shape index (κ2) is 6.91. The van der Waals surface area contributed by atoms with Crippen molar-refractivity contribution in [1.82, 2.24) is 4.31 Å². The summed E-state index contributed by atoms with van der Waals surface area (Å²) in [4.78, 5) is 12.3. The largest absolute Gasteiger partial charge is 0.392 e. The average Bonchev–Trinajstić information content (AvgIpc) is 2.55. The van der Waals surface area contributed by atoms with E-state index in [1.54, 1.807) is 24.3 Å². The van der Waals surface area contributed by atoms with Crippen LogP contribution >= 0.6 is 0 Å². The van der Waals surface area contributed by atoms with Crippen molar-refractivity contribution >= 4 is 21.6 Å². The first-order valence-corrected chi connectivity index (χ1v) is 8.32. The summed E-state index contributed by atoms with van der Waals surface area (Å²) >= 11 is 0. The van der Waals surface area contributed by atoms with E-state index >= 15 is 0 Å². The molecule has 122 valence electrons. The van der Waals surface area contributed by atoms with Crippen LogP contribution in [0.4, 0.5) is 5.69 Å². The lowest BCUT2D eigenvalue weighted by atomic mass is 10.2. The van der Waals surface area contributed by atoms with Crippen molar-refractivity contribution in [3.63, 3.8) is 0 Å². The SMILES string of the molecule is CN(C)S(=O)(=O)c1ccc(C(=O)Nc2cccc(CO)c2)cc1. The van der Waals surface area contributed by atoms with E-state index in [1.165, 1.54) is 38.4 Å². The van der Waals surface area contributed by atoms with Gasteiger partial charge in [-0.25, -0.2) is 12.7 Å². The zero-order chi connectivity index (χ0) is 17.0. The predicted octanol–water partition coefficient (Wildman–Crippen LogP) is 1.68. The lowest BCUT2D eigenvalue weighted by Crippen LogP contribution is -2.22. The lowest BCUT2D eigenvalue weighted by molar-refractivity contribution is 0.102. The van der Waals surface area contributed by atoms with Crippen LogP contribution in [0.2, 0.25) is 0 Å². The number of amides is 1. The molecule has 0 aromatic heterocycles. The van der Waals surface area contributed by atoms with E-state index in [1.807, 2.05) is 0 Å². The van der Waals surface area contributed by atoms with Crippen molar-refractivity contribution in [2.45, 2.75) is 11.5 Å². The van der Waals surface area contributed by atoms with Gasteiger partial charge in [0.15, 0.2) is 0 Å². The molecule has 2 N–H and O–H groups in total. The Kier molecular flexibility index (Phi) is 5.15. The van der Waals surface area contributed by atoms with Crippen LogP contribution in [0.25, 0.3) is 0 Å². The number of anilines is 1. The van der Waals surface area contributed by atoms with Gasteiger partial charge in [0, 0.05) is 25.3 Å². The summed E-state index contributed by atoms with van der Waals surface area (Å²) in [7, 11) is -0.616. The van der Waals surface area contributed by atoms with E-state index in [2.05, 4.69) is 5.32 Å². The molecule has 0 atom stereocenters. The zero-order valence-electron chi connectivity index (χ0n) is 12.9. The van der Waals surface area contributed by atoms with Gasteiger partial charge in [-0.2, -0.15) is 0 Å². The standard InChI is InChI=1S/C16H18N2O4S/c1-18(2)23(21,22)15-8-6-13(7-9-15)16(20)17-14-5-3-4-12(10-14)11-19/h3-10,19H,11H2,1-2H3,(H,17,20). The molecule has 1 amide bonds. The van der Waals surface area contributed by atoms with Gasteiger partial charge in [-0.15, -0.1) is 0 Å². The van der Waals surface area contributed by atoms with Crippen LogP contribution in [0.3, 0.4) is 0 Å². The van der Waals surface area contributed by atoms with Crippen LogP contribution < -0.4 is 5.32 Å². The number of benzene rings is 2. The minimum Gasteiger partial charge on any atom is -0.392 e. The van der Waals surface area contributed by atoms with E-state index in [4.69, 9.17) is 5.11 Å². The van der Waals surface area contributed by atoms with Gasteiger partial charge >= 0.3 is 0 Å². The van der Waals surface area contributed by atoms with E-state index < -0.39 is 10.0 Å². The quantitative estimate of drug-likeness (QED) is 0.871. The number of nitrogens with zero attached hydrogens (tertiary/aromatic N) is 1. The molecule has 0 aliphatic carbocycles. The highest BCUT2D eigenvalue weighted by atomic mass is 32.2. The number of aliphatic hydroxyl groups is 1. The highest BCUT2D eigenvalue weighted by Crippen LogP contribution is 2.16. The van der Waals surface area contributed by atoms with Crippen LogP contribution in [0.15, 0.2) is 53.4 Å². The van der Waals surface area contributed by atoms with Gasteiger partial charge in [0.1, 0.15) is 0 Å². The second-order valence-corrected chi connectivity index (χ2v) is 7.28. The fraction of sp³-hybridized carbons (Fsp3) is 0.188. The highest BCUT2D eigenvalue weighted by molar-refractivity contribution is 7.89. The monoisotopic (exact) mass is 334 g/mol. The fourth-order valence-electron chi connectivity index (χ4n) is 1.94. The van der Waals surface area contributed by atoms with Crippen LogP contribution in [0.5, 0.6) is 0 Å². The van der Waals surface area contributed by atoms with Crippen molar-refractivity contribution in [2.24, 2.45) is 0 Å². The smallest absolute Gasteiger partial charge is 0.255 e. The molecule has 2 rings (SSSR count). The summed E-state index contributed by atoms with van der Waals surface area (Å²) in [6, 6.07) is 12.6. The minimum atomic E-state index is -3.51. The average molecular weight is 334 g/mol. The van der Waals surface area contributed by atoms with Crippen LogP contribution in [-0.2, 0) is 16.6 Å². The van der Waals surface area contributed by atoms with E-state index in [0.29, 0.717) is 16.8 Å². The summed E-state index contributed by atoms with van der Waals surface area (Å²) in [6.45, 7) is -0.110. The first kappa shape index (κ1) is 17.1. The van der Waals surface area contributed by atoms with E-state index in [9.17, 15) is 13.2 Å². The third-order valence-electron chi connectivity index (χ3n) is 3.26. The minimum absolute atomic E-state index is 0.110. The maximum atomic E-state index is 12.2. The van der Waals surface area contributed by atoms with Crippen LogP contribution in [-0.4, -0.2) is 37.8 Å². The maximum Gasteiger partial charge on any atom is 0.255 e. The summed E-state index contributed by atoms with van der Waals surface area (Å²) in [6.07, 6.45) is 0. The van der Waals surface area contributed by atoms with Crippen molar-refractivity contribution in [3.05, 3.63) is 59.7 Å². The Morgan fingerprint density at radius 3 is 2.35 bits per heavy atom. The van der Waals surface area contributed by atoms with Crippen molar-refractivity contribution in [1.29, 1.82) is 0 Å². The Morgan fingerprint density at radius 1 is 1.13 bits per heavy atom. The second-order valence-electron chi connectivity index (χ2n) is 5.12. The molecule has 0 bridgehead atoms. The van der Waals surface area contributed by atoms with Crippen molar-refractivity contribution < 1.29 is 18.3 Å². The Morgan fingerprint density at radius 2 is 1.78 bits per heavy atom. The molecule has 7 heteroatoms. The normalized spacial score (nSPS) is 11.5. The molecule has 0 aliphatic heterocycles. The summed E-state index contributed by atoms with van der Waals surface area (Å²) in [5.74, 6) is -0.353. The third-order valence-corrected chi connectivity index (χ3v) is 5.09. The number of carbonyl (C=O) groups is 1. The van der Waals surface area contributed by atoms with Gasteiger partial charge in [-0.3, -0.25) is 4.79 Å². The molecule has 0 heterocycles. The molecule has 2 aromatic rings. The molecule has 2 aromatic carbocycles. The van der Waals surface area contributed by atoms with Crippen LogP contribution in [0.1, 0.15) is 15.9 Å². The highest BCUT2D eigenvalue weighted by Gasteiger charge is 2.17. The molecule has 0 saturated carbocycles. The summed E-state index contributed by atoms with van der Waals surface area (Å²) in [5, 5.41) is 11.8. The Balaban J connectivity index is 2.17. The molecule has 6 nitrogen and oxygen atoms in total. The van der Waals surface area contributed by atoms with Crippen molar-refractivity contribution in [2.75, 3.05) is 19.4 Å². The number of sulfonamides is 1. The number of hydrogen-bond acceptors (Lipinski definition) is 4. The number of nitrogens with one attached hydrogen (secondary N) is 1. The number of aliphatic hydroxyl groups excluding tert-OH is 1. The lowest BCUT2D eigenvalue weighted by Gasteiger charge is -2.11. The molecule has 0 radical (unpaired) electrons. The molecular weight excluding hydrogens is 316 g/mol. The Labute approximate surface area is 135 Å².